The first-order valence-electron chi connectivity index (χ1n) is 6.79. The van der Waals surface area contributed by atoms with E-state index in [1.54, 1.807) is 6.92 Å². The van der Waals surface area contributed by atoms with Crippen LogP contribution in [0.25, 0.3) is 10.4 Å². The molecule has 0 radical (unpaired) electrons. The molecular weight excluding hydrogens is 288 g/mol. The Labute approximate surface area is 128 Å². The molecule has 0 fully saturated rings. The Morgan fingerprint density at radius 3 is 2.64 bits per heavy atom. The predicted molar refractivity (Wildman–Crippen MR) is 78.8 cm³/mol. The van der Waals surface area contributed by atoms with E-state index in [2.05, 4.69) is 10.0 Å². The highest BCUT2D eigenvalue weighted by Crippen LogP contribution is 2.04. The molecule has 1 rings (SSSR count). The summed E-state index contributed by atoms with van der Waals surface area (Å²) >= 11 is 0. The highest BCUT2D eigenvalue weighted by molar-refractivity contribution is 5.78. The fourth-order valence-electron chi connectivity index (χ4n) is 1.62. The van der Waals surface area contributed by atoms with Crippen LogP contribution in [-0.4, -0.2) is 43.2 Å². The third-order valence-electron chi connectivity index (χ3n) is 2.62. The highest BCUT2D eigenvalue weighted by atomic mass is 16.6. The van der Waals surface area contributed by atoms with Crippen LogP contribution < -0.4 is 0 Å². The van der Waals surface area contributed by atoms with Gasteiger partial charge in [-0.1, -0.05) is 35.4 Å². The van der Waals surface area contributed by atoms with E-state index in [1.165, 1.54) is 0 Å². The number of carbonyl (C=O) groups excluding carboxylic acids is 2. The predicted octanol–water partition coefficient (Wildman–Crippen LogP) is 2.50. The minimum atomic E-state index is -0.662. The fraction of sp³-hybridized carbons (Fsp3) is 0.429. The molecule has 0 aliphatic heterocycles. The van der Waals surface area contributed by atoms with E-state index in [0.717, 1.165) is 10.5 Å². The highest BCUT2D eigenvalue weighted by Gasteiger charge is 2.18. The molecule has 0 spiro atoms. The molecule has 8 heteroatoms. The Kier molecular flexibility index (Phi) is 7.92. The number of hydrogen-bond donors (Lipinski definition) is 0. The van der Waals surface area contributed by atoms with Gasteiger partial charge in [-0.3, -0.25) is 9.69 Å². The van der Waals surface area contributed by atoms with Crippen molar-refractivity contribution in [3.8, 4) is 0 Å². The summed E-state index contributed by atoms with van der Waals surface area (Å²) in [6.45, 7) is 1.88. The molecule has 0 aliphatic rings. The summed E-state index contributed by atoms with van der Waals surface area (Å²) in [6, 6.07) is 9.17. The molecule has 1 aromatic carbocycles. The van der Waals surface area contributed by atoms with Crippen molar-refractivity contribution in [3.05, 3.63) is 46.3 Å². The number of ether oxygens (including phenoxy) is 2. The van der Waals surface area contributed by atoms with Gasteiger partial charge in [0, 0.05) is 18.0 Å². The van der Waals surface area contributed by atoms with Crippen molar-refractivity contribution in [1.29, 1.82) is 0 Å². The lowest BCUT2D eigenvalue weighted by molar-refractivity contribution is -0.144. The van der Waals surface area contributed by atoms with E-state index in [0.29, 0.717) is 0 Å². The zero-order chi connectivity index (χ0) is 16.2. The maximum Gasteiger partial charge on any atom is 0.410 e. The monoisotopic (exact) mass is 306 g/mol. The van der Waals surface area contributed by atoms with Crippen LogP contribution in [-0.2, 0) is 20.9 Å². The van der Waals surface area contributed by atoms with E-state index in [1.807, 2.05) is 30.3 Å². The smallest absolute Gasteiger partial charge is 0.410 e. The molecule has 0 N–H and O–H groups in total. The second kappa shape index (κ2) is 10.1. The van der Waals surface area contributed by atoms with Crippen molar-refractivity contribution >= 4 is 12.1 Å². The number of carbonyl (C=O) groups is 2. The first kappa shape index (κ1) is 17.3. The lowest BCUT2D eigenvalue weighted by atomic mass is 10.2. The molecule has 118 valence electrons. The number of benzene rings is 1. The van der Waals surface area contributed by atoms with Crippen LogP contribution in [0, 0.1) is 0 Å². The van der Waals surface area contributed by atoms with Gasteiger partial charge < -0.3 is 9.47 Å². The quantitative estimate of drug-likeness (QED) is 0.318. The van der Waals surface area contributed by atoms with Crippen molar-refractivity contribution in [3.63, 3.8) is 0 Å². The number of esters is 1. The molecule has 0 aromatic heterocycles. The van der Waals surface area contributed by atoms with E-state index >= 15 is 0 Å². The molecule has 0 saturated carbocycles. The van der Waals surface area contributed by atoms with Gasteiger partial charge in [-0.25, -0.2) is 4.79 Å². The summed E-state index contributed by atoms with van der Waals surface area (Å²) in [5.41, 5.74) is 9.10. The van der Waals surface area contributed by atoms with Gasteiger partial charge in [0.25, 0.3) is 0 Å². The number of rotatable bonds is 8. The summed E-state index contributed by atoms with van der Waals surface area (Å²) < 4.78 is 9.94. The second-order valence-electron chi connectivity index (χ2n) is 4.22. The van der Waals surface area contributed by atoms with Crippen LogP contribution in [0.5, 0.6) is 0 Å². The summed E-state index contributed by atoms with van der Waals surface area (Å²) in [6.07, 6.45) is -0.662. The van der Waals surface area contributed by atoms with E-state index < -0.39 is 12.1 Å². The zero-order valence-electron chi connectivity index (χ0n) is 12.3. The third kappa shape index (κ3) is 6.62. The summed E-state index contributed by atoms with van der Waals surface area (Å²) in [4.78, 5) is 27.3. The minimum Gasteiger partial charge on any atom is -0.465 e. The Bertz CT molecular complexity index is 529. The van der Waals surface area contributed by atoms with Crippen LogP contribution >= 0.6 is 0 Å². The molecular formula is C14H18N4O4. The van der Waals surface area contributed by atoms with Gasteiger partial charge in [0.15, 0.2) is 0 Å². The largest absolute Gasteiger partial charge is 0.465 e. The molecule has 1 amide bonds. The molecule has 22 heavy (non-hydrogen) atoms. The van der Waals surface area contributed by atoms with Gasteiger partial charge in [-0.15, -0.1) is 0 Å². The number of azide groups is 1. The standard InChI is InChI=1S/C14H18N4O4/c1-2-21-13(19)10-18(9-8-16-17-15)14(20)22-11-12-6-4-3-5-7-12/h3-7H,2,8-11H2,1H3. The molecule has 1 aromatic rings. The molecule has 0 aliphatic carbocycles. The van der Waals surface area contributed by atoms with Crippen LogP contribution in [0.1, 0.15) is 12.5 Å². The fourth-order valence-corrected chi connectivity index (χ4v) is 1.62. The Hall–Kier alpha value is -2.73. The van der Waals surface area contributed by atoms with E-state index in [9.17, 15) is 9.59 Å². The normalized spacial score (nSPS) is 9.50. The van der Waals surface area contributed by atoms with Gasteiger partial charge in [0.2, 0.25) is 0 Å². The second-order valence-corrected chi connectivity index (χ2v) is 4.22. The maximum absolute atomic E-state index is 12.0. The Morgan fingerprint density at radius 1 is 1.27 bits per heavy atom. The van der Waals surface area contributed by atoms with E-state index in [-0.39, 0.29) is 32.8 Å². The van der Waals surface area contributed by atoms with Crippen LogP contribution in [0.4, 0.5) is 4.79 Å². The number of nitrogens with zero attached hydrogens (tertiary/aromatic N) is 4. The molecule has 0 bridgehead atoms. The molecule has 8 nitrogen and oxygen atoms in total. The first-order valence-corrected chi connectivity index (χ1v) is 6.79. The van der Waals surface area contributed by atoms with Crippen molar-refractivity contribution in [2.75, 3.05) is 26.2 Å². The SMILES string of the molecule is CCOC(=O)CN(CCN=[N+]=[N-])C(=O)OCc1ccccc1. The van der Waals surface area contributed by atoms with Crippen molar-refractivity contribution in [2.45, 2.75) is 13.5 Å². The maximum atomic E-state index is 12.0. The lowest BCUT2D eigenvalue weighted by Gasteiger charge is -2.20. The van der Waals surface area contributed by atoms with Crippen LogP contribution in [0.2, 0.25) is 0 Å². The number of amides is 1. The third-order valence-corrected chi connectivity index (χ3v) is 2.62. The molecule has 0 heterocycles. The lowest BCUT2D eigenvalue weighted by Crippen LogP contribution is -2.38. The van der Waals surface area contributed by atoms with Gasteiger partial charge in [-0.05, 0) is 18.0 Å². The van der Waals surface area contributed by atoms with Crippen LogP contribution in [0.15, 0.2) is 35.4 Å². The summed E-state index contributed by atoms with van der Waals surface area (Å²) in [5, 5.41) is 3.34. The van der Waals surface area contributed by atoms with Crippen LogP contribution in [0.3, 0.4) is 0 Å². The summed E-state index contributed by atoms with van der Waals surface area (Å²) in [5.74, 6) is -0.542. The van der Waals surface area contributed by atoms with Gasteiger partial charge in [0.05, 0.1) is 6.61 Å². The summed E-state index contributed by atoms with van der Waals surface area (Å²) in [7, 11) is 0. The Balaban J connectivity index is 2.57. The number of hydrogen-bond acceptors (Lipinski definition) is 5. The average molecular weight is 306 g/mol. The Morgan fingerprint density at radius 2 is 2.00 bits per heavy atom. The molecule has 0 unspecified atom stereocenters. The van der Waals surface area contributed by atoms with Gasteiger partial charge in [0.1, 0.15) is 13.2 Å². The average Bonchev–Trinajstić information content (AvgIpc) is 2.53. The van der Waals surface area contributed by atoms with Crippen molar-refractivity contribution in [1.82, 2.24) is 4.90 Å². The minimum absolute atomic E-state index is 0.0519. The first-order chi connectivity index (χ1) is 10.7. The molecule has 0 saturated heterocycles. The van der Waals surface area contributed by atoms with Gasteiger partial charge in [-0.2, -0.15) is 0 Å². The topological polar surface area (TPSA) is 105 Å². The van der Waals surface area contributed by atoms with Gasteiger partial charge >= 0.3 is 12.1 Å². The van der Waals surface area contributed by atoms with Crippen molar-refractivity contribution < 1.29 is 19.1 Å². The van der Waals surface area contributed by atoms with Crippen molar-refractivity contribution in [2.24, 2.45) is 5.11 Å². The zero-order valence-corrected chi connectivity index (χ0v) is 12.3. The van der Waals surface area contributed by atoms with E-state index in [4.69, 9.17) is 15.0 Å². The molecule has 0 atom stereocenters.